The number of para-hydroxylation sites is 1. The number of nitrogens with one attached hydrogen (secondary N) is 10. The van der Waals surface area contributed by atoms with Crippen molar-refractivity contribution in [1.82, 2.24) is 107 Å². The lowest BCUT2D eigenvalue weighted by Gasteiger charge is -2.37. The molecular weight excluding hydrogens is 1510 g/mol. The van der Waals surface area contributed by atoms with Gasteiger partial charge >= 0.3 is 0 Å². The van der Waals surface area contributed by atoms with Gasteiger partial charge in [0.15, 0.2) is 6.39 Å². The fourth-order valence-electron chi connectivity index (χ4n) is 8.55. The van der Waals surface area contributed by atoms with Crippen LogP contribution in [0.15, 0.2) is 324 Å². The highest BCUT2D eigenvalue weighted by Crippen LogP contribution is 2.43. The molecule has 0 atom stereocenters. The second-order valence-electron chi connectivity index (χ2n) is 24.3. The van der Waals surface area contributed by atoms with Gasteiger partial charge in [-0.05, 0) is 153 Å². The molecule has 15 aromatic rings. The van der Waals surface area contributed by atoms with Crippen molar-refractivity contribution < 1.29 is 23.0 Å². The largest absolute Gasteiger partial charge is 0.473 e. The lowest BCUT2D eigenvalue weighted by atomic mass is 9.85. The van der Waals surface area contributed by atoms with E-state index in [0.717, 1.165) is 52.7 Å². The second-order valence-corrected chi connectivity index (χ2v) is 27.1. The number of aromatic nitrogens is 19. The van der Waals surface area contributed by atoms with Gasteiger partial charge in [-0.25, -0.2) is 15.0 Å². The summed E-state index contributed by atoms with van der Waals surface area (Å²) in [7, 11) is 0. The molecule has 115 heavy (non-hydrogen) atoms. The van der Waals surface area contributed by atoms with Crippen LogP contribution in [0.5, 0.6) is 0 Å². The van der Waals surface area contributed by atoms with E-state index < -0.39 is 0 Å². The number of thiazole rings is 1. The Morgan fingerprint density at radius 1 is 0.357 bits per heavy atom. The molecule has 13 aromatic heterocycles. The Kier molecular flexibility index (Phi) is 70.7. The molecule has 3 saturated carbocycles. The van der Waals surface area contributed by atoms with Gasteiger partial charge in [0.25, 0.3) is 0 Å². The first kappa shape index (κ1) is 98.4. The van der Waals surface area contributed by atoms with Crippen molar-refractivity contribution in [2.45, 2.75) is 116 Å². The fourth-order valence-corrected chi connectivity index (χ4v) is 10.4. The lowest BCUT2D eigenvalue weighted by molar-refractivity contribution is -0.108. The van der Waals surface area contributed by atoms with E-state index in [-0.39, 0.29) is 5.56 Å². The Morgan fingerprint density at radius 3 is 1.20 bits per heavy atom. The normalized spacial score (nSPS) is 14.0. The molecule has 5 saturated heterocycles. The average molecular weight is 1630 g/mol. The number of thioether (sulfide) groups is 1. The molecule has 1 spiro atoms. The Balaban J connectivity index is 0.000000313. The second kappa shape index (κ2) is 82.6. The van der Waals surface area contributed by atoms with Gasteiger partial charge in [-0.1, -0.05) is 143 Å². The summed E-state index contributed by atoms with van der Waals surface area (Å²) in [6, 6.07) is 46.4. The summed E-state index contributed by atoms with van der Waals surface area (Å²) in [5, 5.41) is 44.5. The summed E-state index contributed by atoms with van der Waals surface area (Å²) >= 11 is 5.39. The van der Waals surface area contributed by atoms with Crippen LogP contribution >= 0.6 is 34.4 Å². The van der Waals surface area contributed by atoms with Crippen molar-refractivity contribution in [3.8, 4) is 0 Å². The number of thiophene rings is 1. The zero-order chi connectivity index (χ0) is 81.0. The predicted molar refractivity (Wildman–Crippen MR) is 466 cm³/mol. The predicted octanol–water partition coefficient (Wildman–Crippen LogP) is 18.4. The van der Waals surface area contributed by atoms with E-state index in [2.05, 4.69) is 146 Å². The maximum Gasteiger partial charge on any atom is 0.247 e. The van der Waals surface area contributed by atoms with Crippen molar-refractivity contribution in [3.05, 3.63) is 321 Å². The number of ether oxygens (including phenoxy) is 3. The van der Waals surface area contributed by atoms with Crippen LogP contribution in [0, 0.1) is 5.41 Å². The van der Waals surface area contributed by atoms with E-state index in [4.69, 9.17) is 14.2 Å². The van der Waals surface area contributed by atoms with Gasteiger partial charge in [0.1, 0.15) is 18.9 Å². The van der Waals surface area contributed by atoms with E-state index >= 15 is 0 Å². The van der Waals surface area contributed by atoms with Crippen LogP contribution in [0.4, 0.5) is 0 Å². The maximum absolute atomic E-state index is 10.2. The van der Waals surface area contributed by atoms with Gasteiger partial charge in [0, 0.05) is 117 Å². The molecule has 27 nitrogen and oxygen atoms in total. The highest BCUT2D eigenvalue weighted by molar-refractivity contribution is 7.99. The lowest BCUT2D eigenvalue weighted by Crippen LogP contribution is -2.39. The average Bonchev–Trinajstić information content (AvgIpc) is 1.71. The molecule has 0 radical (unpaired) electrons. The third-order valence-corrected chi connectivity index (χ3v) is 17.5. The minimum absolute atomic E-state index is 0.0532. The van der Waals surface area contributed by atoms with Crippen LogP contribution in [0.2, 0.25) is 0 Å². The van der Waals surface area contributed by atoms with E-state index in [1.54, 1.807) is 140 Å². The van der Waals surface area contributed by atoms with Crippen LogP contribution < -0.4 is 16.2 Å². The number of H-pyrrole nitrogens is 8. The molecule has 0 bridgehead atoms. The minimum Gasteiger partial charge on any atom is -0.473 e. The molecule has 18 heterocycles. The number of hydrogen-bond donors (Lipinski definition) is 10. The minimum atomic E-state index is -0.0532. The van der Waals surface area contributed by atoms with Crippen LogP contribution in [-0.4, -0.2) is 173 Å². The van der Waals surface area contributed by atoms with Crippen molar-refractivity contribution in [3.63, 3.8) is 0 Å². The van der Waals surface area contributed by atoms with Gasteiger partial charge in [-0.3, -0.25) is 25.0 Å². The summed E-state index contributed by atoms with van der Waals surface area (Å²) in [6.45, 7) is 10.5. The highest BCUT2D eigenvalue weighted by atomic mass is 32.2. The smallest absolute Gasteiger partial charge is 0.247 e. The first-order chi connectivity index (χ1) is 57.3. The first-order valence-corrected chi connectivity index (χ1v) is 42.0. The monoisotopic (exact) mass is 1630 g/mol. The topological polar surface area (TPSA) is 363 Å². The summed E-state index contributed by atoms with van der Waals surface area (Å²) in [5.41, 5.74) is 3.64. The number of morpholine rings is 1. The molecule has 8 fully saturated rings. The van der Waals surface area contributed by atoms with Crippen molar-refractivity contribution in [1.29, 1.82) is 0 Å². The van der Waals surface area contributed by atoms with Crippen molar-refractivity contribution in [2.75, 3.05) is 77.3 Å². The van der Waals surface area contributed by atoms with E-state index in [9.17, 15) is 4.79 Å². The van der Waals surface area contributed by atoms with Gasteiger partial charge in [-0.2, -0.15) is 64.1 Å². The van der Waals surface area contributed by atoms with Crippen LogP contribution in [0.1, 0.15) is 116 Å². The molecule has 30 heteroatoms. The Bertz CT molecular complexity index is 3120. The quantitative estimate of drug-likeness (QED) is 0.0674. The number of imidazole rings is 1. The van der Waals surface area contributed by atoms with Gasteiger partial charge < -0.3 is 53.6 Å². The molecule has 0 amide bonds. The summed E-state index contributed by atoms with van der Waals surface area (Å²) < 4.78 is 24.2. The Hall–Kier alpha value is -10.8. The van der Waals surface area contributed by atoms with Crippen molar-refractivity contribution >= 4 is 45.3 Å². The summed E-state index contributed by atoms with van der Waals surface area (Å²) in [6.07, 6.45) is 64.2. The fraction of sp³-hybridized carbons (Fsp3) is 0.365. The van der Waals surface area contributed by atoms with Gasteiger partial charge in [0.05, 0.1) is 81.8 Å². The van der Waals surface area contributed by atoms with Crippen LogP contribution in [-0.2, 0) is 14.2 Å². The van der Waals surface area contributed by atoms with Crippen LogP contribution in [0.25, 0.3) is 10.9 Å². The third kappa shape index (κ3) is 70.8. The van der Waals surface area contributed by atoms with E-state index in [1.165, 1.54) is 182 Å². The summed E-state index contributed by atoms with van der Waals surface area (Å²) in [5.74, 6) is 2.83. The first-order valence-electron chi connectivity index (χ1n) is 38.9. The highest BCUT2D eigenvalue weighted by Gasteiger charge is 2.40. The zero-order valence-electron chi connectivity index (χ0n) is 66.3. The van der Waals surface area contributed by atoms with Gasteiger partial charge in [0.2, 0.25) is 5.56 Å². The number of pyridine rings is 2. The molecule has 3 aliphatic carbocycles. The molecule has 5 aliphatic heterocycles. The number of fused-ring (bicyclic) bond motifs is 1. The number of benzene rings is 2. The maximum atomic E-state index is 10.2. The van der Waals surface area contributed by atoms with Crippen LogP contribution in [0.3, 0.4) is 0 Å². The molecule has 10 N–H and O–H groups in total. The van der Waals surface area contributed by atoms with E-state index in [0.29, 0.717) is 5.41 Å². The number of oxazole rings is 1. The number of nitrogens with zero attached hydrogens (tertiary/aromatic N) is 11. The number of hydrogen-bond acceptors (Lipinski definition) is 22. The molecule has 2 aromatic carbocycles. The van der Waals surface area contributed by atoms with Gasteiger partial charge in [-0.15, -0.1) is 11.3 Å². The Labute approximate surface area is 690 Å². The molecule has 620 valence electrons. The Morgan fingerprint density at radius 2 is 0.965 bits per heavy atom. The number of rotatable bonds is 0. The standard InChI is InChI=1S/C8H7N.C7H12O.C6H6.C5H5NO.C5H5N.C4H9NO.C4H9N.C4H5N.C4H8O.C4H4O.C4H8S.C4H4S.2C4H8.2C3H4N2.C3H3NO.C3H3NS.3C2H3N3/c1-2-4-8-7(3-1)5-6-9-8;1-2-4-7(3-1)5-8-6-7;1-2-4-6-5-3-1;7-5-3-1-2-4-6-5;1-2-4-6-5-3-1;1-3-6-4-2-5-1;6*1-2-4-5-3-1;2*1-2-4-3-1;1-2-5-3-4-1;1-2-4-5-3-1;2*1-2-5-3-4-1;1-3-2-5-4-1;2*1-2-4-5-3-1/h1-6,9H;1-6H2;1-6H;1-4H,(H,6,7);1-5H;5H,1-4H2;5H,1-4H2;1-5H;1-4H2;1-4H;1-4H2;1-4H;2*1-4H2;2*1-3H,(H,4,5);2*1-3H;3*1-2H,(H,3,4,5). The number of aromatic amines is 8. The molecule has 23 rings (SSSR count). The molecule has 0 unspecified atom stereocenters. The van der Waals surface area contributed by atoms with Crippen molar-refractivity contribution in [2.24, 2.45) is 5.41 Å². The third-order valence-electron chi connectivity index (χ3n) is 15.2. The molecule has 8 aliphatic rings. The zero-order valence-corrected chi connectivity index (χ0v) is 68.7. The summed E-state index contributed by atoms with van der Waals surface area (Å²) in [4.78, 5) is 39.7. The van der Waals surface area contributed by atoms with E-state index in [1.807, 2.05) is 144 Å². The SMILES string of the molecule is C1CCC1.C1CCC1.C1CCC2(C1)COC2.C1CCNC1.C1CCOC1.C1CCSC1.C1COCCN1.O=c1cccc[nH]1.c1c[nH]cn1.c1cc[nH]c1.c1ccc2[nH]ccc2c1.c1ccccc1.c1ccncc1.c1ccoc1.c1ccsc1.c1cn[nH]c1.c1cn[nH]n1.c1cn[nH]n1.c1cocn1.c1cscn1.c1nc[nH]n1. The number of furan rings is 1. The molecular formula is C85H121N21O6S3.